The molecule has 1 aromatic heterocycles. The molecule has 3 aromatic carbocycles. The van der Waals surface area contributed by atoms with Crippen LogP contribution in [-0.2, 0) is 0 Å². The van der Waals surface area contributed by atoms with E-state index in [1.807, 2.05) is 42.5 Å². The minimum absolute atomic E-state index is 0.240. The Morgan fingerprint density at radius 2 is 1.80 bits per heavy atom. The monoisotopic (exact) mass is 401 g/mol. The predicted molar refractivity (Wildman–Crippen MR) is 112 cm³/mol. The molecule has 30 heavy (non-hydrogen) atoms. The smallest absolute Gasteiger partial charge is 0.255 e. The van der Waals surface area contributed by atoms with Crippen LogP contribution >= 0.6 is 0 Å². The third kappa shape index (κ3) is 3.97. The first-order valence-corrected chi connectivity index (χ1v) is 9.15. The van der Waals surface area contributed by atoms with Crippen LogP contribution in [0.3, 0.4) is 0 Å². The van der Waals surface area contributed by atoms with Gasteiger partial charge in [-0.3, -0.25) is 4.79 Å². The molecule has 0 aliphatic heterocycles. The van der Waals surface area contributed by atoms with Crippen LogP contribution in [0.1, 0.15) is 10.4 Å². The van der Waals surface area contributed by atoms with Crippen molar-refractivity contribution in [1.29, 1.82) is 0 Å². The first kappa shape index (κ1) is 19.1. The third-order valence-corrected chi connectivity index (χ3v) is 4.58. The summed E-state index contributed by atoms with van der Waals surface area (Å²) < 4.78 is 12.2. The van der Waals surface area contributed by atoms with Crippen LogP contribution in [0.25, 0.3) is 16.8 Å². The number of hydrogen-bond donors (Lipinski definition) is 1. The Balaban J connectivity index is 1.60. The van der Waals surface area contributed by atoms with Gasteiger partial charge < -0.3 is 14.8 Å². The molecule has 0 fully saturated rings. The Morgan fingerprint density at radius 3 is 2.50 bits per heavy atom. The van der Waals surface area contributed by atoms with Crippen molar-refractivity contribution in [3.05, 3.63) is 78.6 Å². The summed E-state index contributed by atoms with van der Waals surface area (Å²) >= 11 is 0. The molecule has 0 saturated heterocycles. The summed E-state index contributed by atoms with van der Waals surface area (Å²) in [6.45, 7) is 0. The highest BCUT2D eigenvalue weighted by Crippen LogP contribution is 2.33. The molecule has 0 radical (unpaired) electrons. The molecule has 1 heterocycles. The normalized spacial score (nSPS) is 10.5. The fraction of sp³-hybridized carbons (Fsp3) is 0.0909. The number of ether oxygens (including phenoxy) is 2. The van der Waals surface area contributed by atoms with E-state index in [2.05, 4.69) is 20.8 Å². The minimum atomic E-state index is -0.240. The van der Waals surface area contributed by atoms with Crippen LogP contribution in [0.15, 0.2) is 73.1 Å². The summed E-state index contributed by atoms with van der Waals surface area (Å²) in [5.41, 5.74) is 3.65. The summed E-state index contributed by atoms with van der Waals surface area (Å²) in [5.74, 6) is 1.24. The molecule has 0 unspecified atom stereocenters. The molecule has 0 aliphatic carbocycles. The van der Waals surface area contributed by atoms with Crippen LogP contribution in [-0.4, -0.2) is 40.3 Å². The lowest BCUT2D eigenvalue weighted by molar-refractivity contribution is 0.102. The van der Waals surface area contributed by atoms with Gasteiger partial charge >= 0.3 is 0 Å². The van der Waals surface area contributed by atoms with E-state index in [1.165, 1.54) is 11.0 Å². The summed E-state index contributed by atoms with van der Waals surface area (Å²) in [6.07, 6.45) is 1.47. The number of tetrazole rings is 1. The van der Waals surface area contributed by atoms with Gasteiger partial charge in [-0.05, 0) is 64.5 Å². The topological polar surface area (TPSA) is 91.2 Å². The number of methoxy groups -OCH3 is 2. The van der Waals surface area contributed by atoms with Crippen molar-refractivity contribution in [3.8, 4) is 28.3 Å². The van der Waals surface area contributed by atoms with Gasteiger partial charge in [-0.15, -0.1) is 5.10 Å². The number of carbonyl (C=O) groups is 1. The molecular formula is C22H19N5O3. The highest BCUT2D eigenvalue weighted by molar-refractivity contribution is 6.05. The van der Waals surface area contributed by atoms with E-state index in [9.17, 15) is 4.79 Å². The van der Waals surface area contributed by atoms with Crippen LogP contribution in [0, 0.1) is 0 Å². The zero-order chi connectivity index (χ0) is 20.9. The summed E-state index contributed by atoms with van der Waals surface area (Å²) in [7, 11) is 3.24. The van der Waals surface area contributed by atoms with Crippen molar-refractivity contribution in [1.82, 2.24) is 20.2 Å². The summed E-state index contributed by atoms with van der Waals surface area (Å²) in [5, 5.41) is 14.0. The Morgan fingerprint density at radius 1 is 0.967 bits per heavy atom. The van der Waals surface area contributed by atoms with Gasteiger partial charge in [0.1, 0.15) is 17.8 Å². The number of amides is 1. The molecule has 0 saturated carbocycles. The second-order valence-electron chi connectivity index (χ2n) is 6.40. The largest absolute Gasteiger partial charge is 0.497 e. The molecule has 0 spiro atoms. The van der Waals surface area contributed by atoms with Crippen molar-refractivity contribution in [2.75, 3.05) is 19.5 Å². The molecule has 0 aliphatic rings. The average Bonchev–Trinajstić information content (AvgIpc) is 3.34. The summed E-state index contributed by atoms with van der Waals surface area (Å²) in [6, 6.07) is 20.2. The van der Waals surface area contributed by atoms with Crippen molar-refractivity contribution >= 4 is 11.6 Å². The lowest BCUT2D eigenvalue weighted by Crippen LogP contribution is -2.12. The SMILES string of the molecule is COc1ccc(-c2cc(NC(=O)c3cccc(-n4cnnn4)c3)ccc2OC)cc1. The Labute approximate surface area is 173 Å². The number of nitrogens with zero attached hydrogens (tertiary/aromatic N) is 4. The number of nitrogens with one attached hydrogen (secondary N) is 1. The molecule has 0 bridgehead atoms. The number of aromatic nitrogens is 4. The molecule has 0 atom stereocenters. The lowest BCUT2D eigenvalue weighted by atomic mass is 10.0. The van der Waals surface area contributed by atoms with Gasteiger partial charge in [0.2, 0.25) is 0 Å². The van der Waals surface area contributed by atoms with Crippen LogP contribution in [0.5, 0.6) is 11.5 Å². The fourth-order valence-electron chi connectivity index (χ4n) is 3.05. The molecule has 4 rings (SSSR count). The number of benzene rings is 3. The first-order chi connectivity index (χ1) is 14.7. The Kier molecular flexibility index (Phi) is 5.38. The predicted octanol–water partition coefficient (Wildman–Crippen LogP) is 3.60. The highest BCUT2D eigenvalue weighted by Gasteiger charge is 2.12. The maximum atomic E-state index is 12.8. The second-order valence-corrected chi connectivity index (χ2v) is 6.40. The number of hydrogen-bond acceptors (Lipinski definition) is 6. The lowest BCUT2D eigenvalue weighted by Gasteiger charge is -2.13. The minimum Gasteiger partial charge on any atom is -0.497 e. The van der Waals surface area contributed by atoms with E-state index in [-0.39, 0.29) is 5.91 Å². The van der Waals surface area contributed by atoms with Crippen LogP contribution < -0.4 is 14.8 Å². The van der Waals surface area contributed by atoms with E-state index in [0.29, 0.717) is 22.7 Å². The summed E-state index contributed by atoms with van der Waals surface area (Å²) in [4.78, 5) is 12.8. The van der Waals surface area contributed by atoms with Gasteiger partial charge in [-0.25, -0.2) is 4.68 Å². The van der Waals surface area contributed by atoms with Crippen molar-refractivity contribution < 1.29 is 14.3 Å². The maximum Gasteiger partial charge on any atom is 0.255 e. The maximum absolute atomic E-state index is 12.8. The van der Waals surface area contributed by atoms with Crippen molar-refractivity contribution in [2.24, 2.45) is 0 Å². The Bertz CT molecular complexity index is 1160. The van der Waals surface area contributed by atoms with Gasteiger partial charge in [0.05, 0.1) is 19.9 Å². The van der Waals surface area contributed by atoms with Gasteiger partial charge in [0.25, 0.3) is 5.91 Å². The molecule has 8 nitrogen and oxygen atoms in total. The molecular weight excluding hydrogens is 382 g/mol. The third-order valence-electron chi connectivity index (χ3n) is 4.58. The second kappa shape index (κ2) is 8.44. The number of anilines is 1. The molecule has 8 heteroatoms. The van der Waals surface area contributed by atoms with Gasteiger partial charge in [0.15, 0.2) is 0 Å². The first-order valence-electron chi connectivity index (χ1n) is 9.15. The van der Waals surface area contributed by atoms with Crippen LogP contribution in [0.2, 0.25) is 0 Å². The van der Waals surface area contributed by atoms with E-state index < -0.39 is 0 Å². The van der Waals surface area contributed by atoms with Crippen molar-refractivity contribution in [3.63, 3.8) is 0 Å². The van der Waals surface area contributed by atoms with E-state index in [0.717, 1.165) is 16.9 Å². The van der Waals surface area contributed by atoms with Gasteiger partial charge in [0, 0.05) is 16.8 Å². The molecule has 1 amide bonds. The van der Waals surface area contributed by atoms with Gasteiger partial charge in [-0.1, -0.05) is 18.2 Å². The zero-order valence-corrected chi connectivity index (χ0v) is 16.4. The van der Waals surface area contributed by atoms with Crippen molar-refractivity contribution in [2.45, 2.75) is 0 Å². The molecule has 150 valence electrons. The average molecular weight is 401 g/mol. The van der Waals surface area contributed by atoms with Crippen LogP contribution in [0.4, 0.5) is 5.69 Å². The standard InChI is InChI=1S/C22H19N5O3/c1-29-19-9-6-15(7-10-19)20-13-17(8-11-21(20)30-2)24-22(28)16-4-3-5-18(12-16)27-14-23-25-26-27/h3-14H,1-2H3,(H,24,28). The van der Waals surface area contributed by atoms with E-state index in [4.69, 9.17) is 9.47 Å². The molecule has 4 aromatic rings. The zero-order valence-electron chi connectivity index (χ0n) is 16.4. The van der Waals surface area contributed by atoms with E-state index in [1.54, 1.807) is 38.5 Å². The Hall–Kier alpha value is -4.20. The quantitative estimate of drug-likeness (QED) is 0.531. The van der Waals surface area contributed by atoms with E-state index >= 15 is 0 Å². The number of rotatable bonds is 6. The fourth-order valence-corrected chi connectivity index (χ4v) is 3.05. The highest BCUT2D eigenvalue weighted by atomic mass is 16.5. The van der Waals surface area contributed by atoms with Gasteiger partial charge in [-0.2, -0.15) is 0 Å². The number of carbonyl (C=O) groups excluding carboxylic acids is 1. The molecule has 1 N–H and O–H groups in total.